The van der Waals surface area contributed by atoms with Crippen molar-refractivity contribution in [2.24, 2.45) is 0 Å². The van der Waals surface area contributed by atoms with E-state index in [4.69, 9.17) is 23.2 Å². The molecule has 2 rings (SSSR count). The van der Waals surface area contributed by atoms with Gasteiger partial charge in [-0.05, 0) is 68.5 Å². The summed E-state index contributed by atoms with van der Waals surface area (Å²) in [6.45, 7) is 8.15. The maximum absolute atomic E-state index is 13.3. The molecule has 0 aliphatic rings. The highest BCUT2D eigenvalue weighted by molar-refractivity contribution is 7.92. The van der Waals surface area contributed by atoms with Crippen LogP contribution in [0.4, 0.5) is 5.69 Å². The number of amides is 2. The number of sulfonamides is 1. The molecule has 0 aliphatic carbocycles. The molecular formula is C26H35Cl2N3O4S. The van der Waals surface area contributed by atoms with Crippen molar-refractivity contribution in [3.63, 3.8) is 0 Å². The number of nitrogens with zero attached hydrogens (tertiary/aromatic N) is 2. The van der Waals surface area contributed by atoms with Crippen LogP contribution in [-0.2, 0) is 26.2 Å². The van der Waals surface area contributed by atoms with Gasteiger partial charge in [0.2, 0.25) is 21.8 Å². The number of rotatable bonds is 12. The lowest BCUT2D eigenvalue weighted by atomic mass is 10.1. The van der Waals surface area contributed by atoms with Crippen LogP contribution in [0.2, 0.25) is 10.0 Å². The van der Waals surface area contributed by atoms with Crippen LogP contribution in [0, 0.1) is 13.8 Å². The third-order valence-corrected chi connectivity index (χ3v) is 7.62. The van der Waals surface area contributed by atoms with E-state index in [1.807, 2.05) is 39.0 Å². The second-order valence-electron chi connectivity index (χ2n) is 8.95. The number of aryl methyl sites for hydroxylation is 2. The quantitative estimate of drug-likeness (QED) is 0.394. The molecule has 0 bridgehead atoms. The summed E-state index contributed by atoms with van der Waals surface area (Å²) in [5.74, 6) is -0.530. The van der Waals surface area contributed by atoms with Gasteiger partial charge in [0, 0.05) is 36.1 Å². The number of carbonyl (C=O) groups is 2. The second kappa shape index (κ2) is 13.3. The molecule has 0 aromatic heterocycles. The SMILES string of the molecule is CCCNC(=O)[C@H](C)N(Cc1ccc(Cl)cc1Cl)C(=O)CCCN(c1cc(C)ccc1C)S(C)(=O)=O. The van der Waals surface area contributed by atoms with Crippen LogP contribution in [0.3, 0.4) is 0 Å². The highest BCUT2D eigenvalue weighted by atomic mass is 35.5. The molecule has 1 atom stereocenters. The minimum Gasteiger partial charge on any atom is -0.354 e. The Labute approximate surface area is 224 Å². The number of hydrogen-bond acceptors (Lipinski definition) is 4. The summed E-state index contributed by atoms with van der Waals surface area (Å²) < 4.78 is 26.5. The van der Waals surface area contributed by atoms with Gasteiger partial charge in [0.05, 0.1) is 11.9 Å². The first-order chi connectivity index (χ1) is 16.8. The van der Waals surface area contributed by atoms with E-state index >= 15 is 0 Å². The van der Waals surface area contributed by atoms with Crippen LogP contribution < -0.4 is 9.62 Å². The molecule has 36 heavy (non-hydrogen) atoms. The number of benzene rings is 2. The minimum absolute atomic E-state index is 0.0630. The van der Waals surface area contributed by atoms with Crippen molar-refractivity contribution in [3.8, 4) is 0 Å². The fourth-order valence-corrected chi connectivity index (χ4v) is 5.27. The lowest BCUT2D eigenvalue weighted by molar-refractivity contribution is -0.140. The van der Waals surface area contributed by atoms with E-state index in [9.17, 15) is 18.0 Å². The van der Waals surface area contributed by atoms with E-state index in [2.05, 4.69) is 5.32 Å². The topological polar surface area (TPSA) is 86.8 Å². The first-order valence-corrected chi connectivity index (χ1v) is 14.5. The Morgan fingerprint density at radius 1 is 1.08 bits per heavy atom. The average Bonchev–Trinajstić information content (AvgIpc) is 2.80. The van der Waals surface area contributed by atoms with Gasteiger partial charge in [-0.15, -0.1) is 0 Å². The highest BCUT2D eigenvalue weighted by Crippen LogP contribution is 2.26. The molecule has 2 aromatic rings. The fraction of sp³-hybridized carbons (Fsp3) is 0.462. The molecule has 0 saturated carbocycles. The van der Waals surface area contributed by atoms with Gasteiger partial charge in [0.25, 0.3) is 0 Å². The number of hydrogen-bond donors (Lipinski definition) is 1. The smallest absolute Gasteiger partial charge is 0.242 e. The van der Waals surface area contributed by atoms with Crippen molar-refractivity contribution in [3.05, 3.63) is 63.1 Å². The molecule has 2 aromatic carbocycles. The molecule has 0 spiro atoms. The Bertz CT molecular complexity index is 1190. The summed E-state index contributed by atoms with van der Waals surface area (Å²) in [6.07, 6.45) is 2.28. The van der Waals surface area contributed by atoms with Crippen molar-refractivity contribution in [1.29, 1.82) is 0 Å². The molecule has 10 heteroatoms. The largest absolute Gasteiger partial charge is 0.354 e. The van der Waals surface area contributed by atoms with Gasteiger partial charge in [0.15, 0.2) is 0 Å². The van der Waals surface area contributed by atoms with Crippen molar-refractivity contribution in [2.75, 3.05) is 23.7 Å². The molecule has 0 heterocycles. The Morgan fingerprint density at radius 3 is 2.39 bits per heavy atom. The van der Waals surface area contributed by atoms with Gasteiger partial charge in [-0.3, -0.25) is 13.9 Å². The third kappa shape index (κ3) is 8.39. The van der Waals surface area contributed by atoms with Crippen molar-refractivity contribution >= 4 is 50.7 Å². The van der Waals surface area contributed by atoms with Gasteiger partial charge in [0.1, 0.15) is 6.04 Å². The summed E-state index contributed by atoms with van der Waals surface area (Å²) in [4.78, 5) is 27.5. The van der Waals surface area contributed by atoms with Crippen LogP contribution in [0.1, 0.15) is 49.8 Å². The van der Waals surface area contributed by atoms with Crippen LogP contribution in [0.15, 0.2) is 36.4 Å². The summed E-state index contributed by atoms with van der Waals surface area (Å²) in [6, 6.07) is 9.90. The normalized spacial score (nSPS) is 12.2. The molecule has 0 aliphatic heterocycles. The molecule has 2 amide bonds. The maximum Gasteiger partial charge on any atom is 0.242 e. The lowest BCUT2D eigenvalue weighted by Gasteiger charge is -2.30. The summed E-state index contributed by atoms with van der Waals surface area (Å²) >= 11 is 12.4. The van der Waals surface area contributed by atoms with Gasteiger partial charge in [-0.1, -0.05) is 48.3 Å². The molecule has 7 nitrogen and oxygen atoms in total. The molecule has 198 valence electrons. The van der Waals surface area contributed by atoms with E-state index in [0.717, 1.165) is 23.8 Å². The molecule has 0 fully saturated rings. The average molecular weight is 557 g/mol. The zero-order valence-corrected chi connectivity index (χ0v) is 23.8. The van der Waals surface area contributed by atoms with Gasteiger partial charge in [-0.2, -0.15) is 0 Å². The van der Waals surface area contributed by atoms with E-state index < -0.39 is 16.1 Å². The maximum atomic E-state index is 13.3. The van der Waals surface area contributed by atoms with Crippen molar-refractivity contribution in [2.45, 2.75) is 59.5 Å². The standard InChI is InChI=1S/C26H35Cl2N3O4S/c1-6-13-29-26(33)20(4)30(17-21-11-12-22(27)16-23(21)28)25(32)8-7-14-31(36(5,34)35)24-15-18(2)9-10-19(24)3/h9-12,15-16,20H,6-8,13-14,17H2,1-5H3,(H,29,33)/t20-/m0/s1. The number of anilines is 1. The number of nitrogens with one attached hydrogen (secondary N) is 1. The zero-order valence-electron chi connectivity index (χ0n) is 21.5. The Balaban J connectivity index is 2.22. The fourth-order valence-electron chi connectivity index (χ4n) is 3.78. The predicted octanol–water partition coefficient (Wildman–Crippen LogP) is 5.10. The van der Waals surface area contributed by atoms with Crippen molar-refractivity contribution in [1.82, 2.24) is 10.2 Å². The van der Waals surface area contributed by atoms with Gasteiger partial charge >= 0.3 is 0 Å². The summed E-state index contributed by atoms with van der Waals surface area (Å²) in [5, 5.41) is 3.71. The van der Waals surface area contributed by atoms with E-state index in [-0.39, 0.29) is 37.7 Å². The lowest BCUT2D eigenvalue weighted by Crippen LogP contribution is -2.48. The minimum atomic E-state index is -3.56. The van der Waals surface area contributed by atoms with Crippen LogP contribution in [0.5, 0.6) is 0 Å². The highest BCUT2D eigenvalue weighted by Gasteiger charge is 2.27. The number of halogens is 2. The first kappa shape index (κ1) is 29.9. The predicted molar refractivity (Wildman–Crippen MR) is 147 cm³/mol. The molecule has 0 saturated heterocycles. The van der Waals surface area contributed by atoms with Crippen LogP contribution in [0.25, 0.3) is 0 Å². The summed E-state index contributed by atoms with van der Waals surface area (Å²) in [7, 11) is -3.56. The van der Waals surface area contributed by atoms with Crippen LogP contribution in [-0.4, -0.2) is 50.5 Å². The zero-order chi connectivity index (χ0) is 27.0. The second-order valence-corrected chi connectivity index (χ2v) is 11.7. The molecular weight excluding hydrogens is 521 g/mol. The van der Waals surface area contributed by atoms with E-state index in [1.165, 1.54) is 9.21 Å². The van der Waals surface area contributed by atoms with Crippen molar-refractivity contribution < 1.29 is 18.0 Å². The number of carbonyl (C=O) groups excluding carboxylic acids is 2. The monoisotopic (exact) mass is 555 g/mol. The first-order valence-electron chi connectivity index (χ1n) is 11.9. The Morgan fingerprint density at radius 2 is 1.78 bits per heavy atom. The van der Waals surface area contributed by atoms with E-state index in [0.29, 0.717) is 27.8 Å². The Kier molecular flexibility index (Phi) is 11.1. The molecule has 0 unspecified atom stereocenters. The summed E-state index contributed by atoms with van der Waals surface area (Å²) in [5.41, 5.74) is 3.04. The van der Waals surface area contributed by atoms with Gasteiger partial charge in [-0.25, -0.2) is 8.42 Å². The van der Waals surface area contributed by atoms with E-state index in [1.54, 1.807) is 25.1 Å². The molecule has 1 N–H and O–H groups in total. The van der Waals surface area contributed by atoms with Crippen LogP contribution >= 0.6 is 23.2 Å². The Hall–Kier alpha value is -2.29. The molecule has 0 radical (unpaired) electrons. The third-order valence-electron chi connectivity index (χ3n) is 5.86. The van der Waals surface area contributed by atoms with Gasteiger partial charge < -0.3 is 10.2 Å².